The Morgan fingerprint density at radius 2 is 2.04 bits per heavy atom. The molecule has 2 aliphatic rings. The number of anilines is 1. The second-order valence-electron chi connectivity index (χ2n) is 5.96. The Labute approximate surface area is 131 Å². The standard InChI is InChI=1S/C14H16FN5O3/c1-14(2)22-9-7(3-4-15)21-13(10(9)23-14)20-6-19-8-11(16)17-5-18-12(8)20/h3-7,9-10,13H,1-2H3,(H2,16,17,18)/b4-3+/t7-,9-,10-,13-/m1/s1. The van der Waals surface area contributed by atoms with Gasteiger partial charge in [0.15, 0.2) is 23.5 Å². The summed E-state index contributed by atoms with van der Waals surface area (Å²) in [7, 11) is 0. The van der Waals surface area contributed by atoms with Gasteiger partial charge in [0.25, 0.3) is 0 Å². The third kappa shape index (κ3) is 2.19. The molecule has 9 heteroatoms. The van der Waals surface area contributed by atoms with E-state index in [1.165, 1.54) is 12.4 Å². The highest BCUT2D eigenvalue weighted by Crippen LogP contribution is 2.44. The van der Waals surface area contributed by atoms with E-state index in [1.54, 1.807) is 10.9 Å². The third-order valence-electron chi connectivity index (χ3n) is 3.99. The monoisotopic (exact) mass is 321 g/mol. The Kier molecular flexibility index (Phi) is 3.12. The lowest BCUT2D eigenvalue weighted by molar-refractivity contribution is -0.191. The van der Waals surface area contributed by atoms with Crippen molar-refractivity contribution in [3.8, 4) is 0 Å². The maximum absolute atomic E-state index is 12.7. The molecule has 8 nitrogen and oxygen atoms in total. The molecule has 0 spiro atoms. The Morgan fingerprint density at radius 3 is 2.83 bits per heavy atom. The van der Waals surface area contributed by atoms with Crippen molar-refractivity contribution in [1.29, 1.82) is 0 Å². The number of nitrogens with two attached hydrogens (primary N) is 1. The van der Waals surface area contributed by atoms with Crippen LogP contribution in [0.1, 0.15) is 20.1 Å². The number of ether oxygens (including phenoxy) is 3. The number of rotatable bonds is 2. The van der Waals surface area contributed by atoms with Crippen LogP contribution in [0.4, 0.5) is 10.2 Å². The van der Waals surface area contributed by atoms with Crippen LogP contribution >= 0.6 is 0 Å². The molecule has 2 aliphatic heterocycles. The van der Waals surface area contributed by atoms with Crippen molar-refractivity contribution in [2.75, 3.05) is 5.73 Å². The topological polar surface area (TPSA) is 97.3 Å². The summed E-state index contributed by atoms with van der Waals surface area (Å²) in [6, 6.07) is 0. The highest BCUT2D eigenvalue weighted by Gasteiger charge is 2.55. The molecular formula is C14H16FN5O3. The van der Waals surface area contributed by atoms with Crippen LogP contribution in [0.5, 0.6) is 0 Å². The highest BCUT2D eigenvalue weighted by molar-refractivity contribution is 5.81. The van der Waals surface area contributed by atoms with Crippen molar-refractivity contribution in [2.24, 2.45) is 0 Å². The van der Waals surface area contributed by atoms with Gasteiger partial charge < -0.3 is 19.9 Å². The quantitative estimate of drug-likeness (QED) is 0.890. The number of imidazole rings is 1. The fourth-order valence-corrected chi connectivity index (χ4v) is 3.11. The number of fused-ring (bicyclic) bond motifs is 2. The van der Waals surface area contributed by atoms with Gasteiger partial charge in [-0.3, -0.25) is 4.57 Å². The number of halogens is 1. The average Bonchev–Trinajstić information content (AvgIpc) is 3.13. The summed E-state index contributed by atoms with van der Waals surface area (Å²) in [5.74, 6) is -0.489. The summed E-state index contributed by atoms with van der Waals surface area (Å²) in [6.07, 6.45) is 2.73. The van der Waals surface area contributed by atoms with Crippen LogP contribution < -0.4 is 5.73 Å². The van der Waals surface area contributed by atoms with Gasteiger partial charge in [-0.15, -0.1) is 0 Å². The van der Waals surface area contributed by atoms with E-state index in [1.807, 2.05) is 13.8 Å². The Morgan fingerprint density at radius 1 is 1.26 bits per heavy atom. The van der Waals surface area contributed by atoms with Gasteiger partial charge in [0, 0.05) is 0 Å². The first kappa shape index (κ1) is 14.5. The van der Waals surface area contributed by atoms with E-state index in [0.717, 1.165) is 0 Å². The Bertz CT molecular complexity index is 777. The Balaban J connectivity index is 1.77. The van der Waals surface area contributed by atoms with Crippen molar-refractivity contribution < 1.29 is 18.6 Å². The number of hydrogen-bond donors (Lipinski definition) is 1. The van der Waals surface area contributed by atoms with Crippen LogP contribution in [0.3, 0.4) is 0 Å². The van der Waals surface area contributed by atoms with E-state index in [4.69, 9.17) is 19.9 Å². The first-order chi connectivity index (χ1) is 11.0. The predicted molar refractivity (Wildman–Crippen MR) is 77.7 cm³/mol. The van der Waals surface area contributed by atoms with E-state index < -0.39 is 30.3 Å². The first-order valence-electron chi connectivity index (χ1n) is 7.21. The molecule has 2 saturated heterocycles. The van der Waals surface area contributed by atoms with Gasteiger partial charge in [0.1, 0.15) is 30.2 Å². The molecule has 122 valence electrons. The predicted octanol–water partition coefficient (Wildman–Crippen LogP) is 1.31. The zero-order valence-electron chi connectivity index (χ0n) is 12.6. The van der Waals surface area contributed by atoms with Crippen LogP contribution in [0.15, 0.2) is 25.1 Å². The van der Waals surface area contributed by atoms with Crippen molar-refractivity contribution in [3.63, 3.8) is 0 Å². The van der Waals surface area contributed by atoms with Gasteiger partial charge in [0.05, 0.1) is 12.7 Å². The molecule has 0 aromatic carbocycles. The number of aromatic nitrogens is 4. The summed E-state index contributed by atoms with van der Waals surface area (Å²) >= 11 is 0. The molecule has 23 heavy (non-hydrogen) atoms. The van der Waals surface area contributed by atoms with Gasteiger partial charge in [-0.25, -0.2) is 19.3 Å². The lowest BCUT2D eigenvalue weighted by Crippen LogP contribution is -2.28. The molecule has 0 bridgehead atoms. The molecule has 0 amide bonds. The lowest BCUT2D eigenvalue weighted by atomic mass is 10.1. The summed E-state index contributed by atoms with van der Waals surface area (Å²) < 4.78 is 32.1. The number of hydrogen-bond acceptors (Lipinski definition) is 7. The van der Waals surface area contributed by atoms with Gasteiger partial charge in [-0.2, -0.15) is 0 Å². The minimum absolute atomic E-state index is 0.285. The second-order valence-corrected chi connectivity index (χ2v) is 5.96. The summed E-state index contributed by atoms with van der Waals surface area (Å²) in [4.78, 5) is 12.4. The second kappa shape index (κ2) is 4.95. The molecule has 0 aliphatic carbocycles. The lowest BCUT2D eigenvalue weighted by Gasteiger charge is -2.23. The van der Waals surface area contributed by atoms with Gasteiger partial charge >= 0.3 is 0 Å². The molecule has 2 aromatic heterocycles. The summed E-state index contributed by atoms with van der Waals surface area (Å²) in [5.41, 5.74) is 6.82. The first-order valence-corrected chi connectivity index (χ1v) is 7.21. The van der Waals surface area contributed by atoms with E-state index in [2.05, 4.69) is 15.0 Å². The molecule has 4 heterocycles. The van der Waals surface area contributed by atoms with Crippen molar-refractivity contribution >= 4 is 17.0 Å². The van der Waals surface area contributed by atoms with E-state index >= 15 is 0 Å². The molecule has 2 fully saturated rings. The molecule has 4 atom stereocenters. The molecule has 0 saturated carbocycles. The van der Waals surface area contributed by atoms with Gasteiger partial charge in [0.2, 0.25) is 0 Å². The number of nitrogen functional groups attached to an aromatic ring is 1. The average molecular weight is 321 g/mol. The normalized spacial score (nSPS) is 32.8. The van der Waals surface area contributed by atoms with Crippen molar-refractivity contribution in [3.05, 3.63) is 25.1 Å². The number of nitrogens with zero attached hydrogens (tertiary/aromatic N) is 4. The SMILES string of the molecule is CC1(C)O[C@@H]2[C@H](O1)[C@@H](/C=C/F)O[C@H]2n1cnc2c(N)ncnc21. The van der Waals surface area contributed by atoms with Gasteiger partial charge in [-0.1, -0.05) is 0 Å². The molecule has 0 unspecified atom stereocenters. The highest BCUT2D eigenvalue weighted by atomic mass is 19.1. The summed E-state index contributed by atoms with van der Waals surface area (Å²) in [5, 5.41) is 0. The van der Waals surface area contributed by atoms with Gasteiger partial charge in [-0.05, 0) is 19.9 Å². The zero-order chi connectivity index (χ0) is 16.2. The molecule has 2 N–H and O–H groups in total. The maximum atomic E-state index is 12.7. The minimum atomic E-state index is -0.774. The smallest absolute Gasteiger partial charge is 0.167 e. The minimum Gasteiger partial charge on any atom is -0.382 e. The van der Waals surface area contributed by atoms with Crippen LogP contribution in [-0.4, -0.2) is 43.6 Å². The van der Waals surface area contributed by atoms with Crippen molar-refractivity contribution in [1.82, 2.24) is 19.5 Å². The fraction of sp³-hybridized carbons (Fsp3) is 0.500. The van der Waals surface area contributed by atoms with Crippen LogP contribution in [-0.2, 0) is 14.2 Å². The molecule has 2 aromatic rings. The summed E-state index contributed by atoms with van der Waals surface area (Å²) in [6.45, 7) is 3.62. The third-order valence-corrected chi connectivity index (χ3v) is 3.99. The maximum Gasteiger partial charge on any atom is 0.167 e. The molecule has 0 radical (unpaired) electrons. The van der Waals surface area contributed by atoms with E-state index in [-0.39, 0.29) is 5.82 Å². The van der Waals surface area contributed by atoms with E-state index in [9.17, 15) is 4.39 Å². The largest absolute Gasteiger partial charge is 0.382 e. The Hall–Kier alpha value is -2.10. The van der Waals surface area contributed by atoms with Crippen LogP contribution in [0, 0.1) is 0 Å². The molecular weight excluding hydrogens is 305 g/mol. The zero-order valence-corrected chi connectivity index (χ0v) is 12.6. The molecule has 4 rings (SSSR count). The van der Waals surface area contributed by atoms with Crippen molar-refractivity contribution in [2.45, 2.75) is 44.2 Å². The van der Waals surface area contributed by atoms with Crippen LogP contribution in [0.2, 0.25) is 0 Å². The van der Waals surface area contributed by atoms with E-state index in [0.29, 0.717) is 17.5 Å². The fourth-order valence-electron chi connectivity index (χ4n) is 3.11. The van der Waals surface area contributed by atoms with Crippen LogP contribution in [0.25, 0.3) is 11.2 Å².